The molecule has 0 radical (unpaired) electrons. The van der Waals surface area contributed by atoms with Crippen LogP contribution in [0.2, 0.25) is 0 Å². The Bertz CT molecular complexity index is 499. The van der Waals surface area contributed by atoms with E-state index < -0.39 is 0 Å². The summed E-state index contributed by atoms with van der Waals surface area (Å²) in [5.74, 6) is 1.69. The fourth-order valence-electron chi connectivity index (χ4n) is 1.95. The van der Waals surface area contributed by atoms with Gasteiger partial charge in [0.15, 0.2) is 0 Å². The van der Waals surface area contributed by atoms with Crippen LogP contribution in [0.5, 0.6) is 0 Å². The van der Waals surface area contributed by atoms with E-state index >= 15 is 0 Å². The number of benzene rings is 1. The molecule has 1 heterocycles. The van der Waals surface area contributed by atoms with Crippen LogP contribution in [0.15, 0.2) is 24.3 Å². The van der Waals surface area contributed by atoms with Gasteiger partial charge in [0.05, 0.1) is 6.04 Å². The molecule has 1 saturated heterocycles. The van der Waals surface area contributed by atoms with Crippen molar-refractivity contribution in [1.82, 2.24) is 10.2 Å². The summed E-state index contributed by atoms with van der Waals surface area (Å²) in [4.78, 5) is 25.5. The number of hydrogen-bond acceptors (Lipinski definition) is 4. The standard InChI is InChI=1S/C14H19N3O2S/c1-17(2)14(19)10-4-3-5-11(8-10)16-13(18)12-9-20-7-6-15-12/h3-5,8,12,15H,6-7,9H2,1-2H3,(H,16,18). The van der Waals surface area contributed by atoms with Crippen molar-refractivity contribution in [2.24, 2.45) is 0 Å². The molecule has 0 bridgehead atoms. The zero-order chi connectivity index (χ0) is 14.5. The summed E-state index contributed by atoms with van der Waals surface area (Å²) in [5.41, 5.74) is 1.22. The van der Waals surface area contributed by atoms with Crippen molar-refractivity contribution in [3.05, 3.63) is 29.8 Å². The molecule has 2 rings (SSSR count). The molecule has 20 heavy (non-hydrogen) atoms. The van der Waals surface area contributed by atoms with Crippen molar-refractivity contribution < 1.29 is 9.59 Å². The SMILES string of the molecule is CN(C)C(=O)c1cccc(NC(=O)C2CSCCN2)c1. The number of amides is 2. The highest BCUT2D eigenvalue weighted by Crippen LogP contribution is 2.14. The Morgan fingerprint density at radius 3 is 2.85 bits per heavy atom. The van der Waals surface area contributed by atoms with Gasteiger partial charge in [0.1, 0.15) is 0 Å². The molecule has 0 spiro atoms. The molecular weight excluding hydrogens is 274 g/mol. The molecule has 2 N–H and O–H groups in total. The molecule has 6 heteroatoms. The maximum absolute atomic E-state index is 12.1. The van der Waals surface area contributed by atoms with Gasteiger partial charge in [0.25, 0.3) is 5.91 Å². The quantitative estimate of drug-likeness (QED) is 0.874. The minimum atomic E-state index is -0.165. The Labute approximate surface area is 123 Å². The zero-order valence-corrected chi connectivity index (χ0v) is 12.5. The van der Waals surface area contributed by atoms with Crippen LogP contribution in [0.3, 0.4) is 0 Å². The number of nitrogens with zero attached hydrogens (tertiary/aromatic N) is 1. The van der Waals surface area contributed by atoms with Crippen LogP contribution in [0.1, 0.15) is 10.4 Å². The molecule has 108 valence electrons. The second kappa shape index (κ2) is 6.76. The van der Waals surface area contributed by atoms with Crippen molar-refractivity contribution in [2.45, 2.75) is 6.04 Å². The van der Waals surface area contributed by atoms with Gasteiger partial charge in [-0.1, -0.05) is 6.07 Å². The average Bonchev–Trinajstić information content (AvgIpc) is 2.47. The lowest BCUT2D eigenvalue weighted by molar-refractivity contribution is -0.117. The third-order valence-electron chi connectivity index (χ3n) is 3.02. The van der Waals surface area contributed by atoms with Gasteiger partial charge in [0, 0.05) is 43.4 Å². The molecular formula is C14H19N3O2S. The van der Waals surface area contributed by atoms with E-state index in [4.69, 9.17) is 0 Å². The molecule has 1 fully saturated rings. The molecule has 1 aliphatic heterocycles. The number of carbonyl (C=O) groups excluding carboxylic acids is 2. The van der Waals surface area contributed by atoms with E-state index in [0.29, 0.717) is 11.3 Å². The molecule has 2 amide bonds. The van der Waals surface area contributed by atoms with Gasteiger partial charge in [-0.2, -0.15) is 11.8 Å². The summed E-state index contributed by atoms with van der Waals surface area (Å²) in [6.45, 7) is 0.849. The first-order valence-corrected chi connectivity index (χ1v) is 7.67. The summed E-state index contributed by atoms with van der Waals surface area (Å²) in [7, 11) is 3.41. The molecule has 5 nitrogen and oxygen atoms in total. The number of hydrogen-bond donors (Lipinski definition) is 2. The molecule has 1 atom stereocenters. The zero-order valence-electron chi connectivity index (χ0n) is 11.7. The molecule has 0 saturated carbocycles. The van der Waals surface area contributed by atoms with E-state index in [9.17, 15) is 9.59 Å². The predicted octanol–water partition coefficient (Wildman–Crippen LogP) is 1.03. The van der Waals surface area contributed by atoms with Gasteiger partial charge < -0.3 is 15.5 Å². The number of nitrogens with one attached hydrogen (secondary N) is 2. The highest BCUT2D eigenvalue weighted by molar-refractivity contribution is 7.99. The number of carbonyl (C=O) groups is 2. The summed E-state index contributed by atoms with van der Waals surface area (Å²) in [6, 6.07) is 6.85. The molecule has 1 aliphatic rings. The largest absolute Gasteiger partial charge is 0.345 e. The fraction of sp³-hybridized carbons (Fsp3) is 0.429. The molecule has 0 aliphatic carbocycles. The van der Waals surface area contributed by atoms with Crippen molar-refractivity contribution in [1.29, 1.82) is 0 Å². The van der Waals surface area contributed by atoms with Crippen LogP contribution in [0.4, 0.5) is 5.69 Å². The second-order valence-electron chi connectivity index (χ2n) is 4.85. The van der Waals surface area contributed by atoms with Crippen molar-refractivity contribution in [3.63, 3.8) is 0 Å². The topological polar surface area (TPSA) is 61.4 Å². The lowest BCUT2D eigenvalue weighted by atomic mass is 10.1. The van der Waals surface area contributed by atoms with Gasteiger partial charge in [0.2, 0.25) is 5.91 Å². The third kappa shape index (κ3) is 3.74. The maximum Gasteiger partial charge on any atom is 0.253 e. The first-order valence-electron chi connectivity index (χ1n) is 6.51. The lowest BCUT2D eigenvalue weighted by Crippen LogP contribution is -2.46. The van der Waals surface area contributed by atoms with Gasteiger partial charge in [-0.3, -0.25) is 9.59 Å². The van der Waals surface area contributed by atoms with E-state index in [2.05, 4.69) is 10.6 Å². The summed E-state index contributed by atoms with van der Waals surface area (Å²) < 4.78 is 0. The van der Waals surface area contributed by atoms with Crippen LogP contribution in [-0.2, 0) is 4.79 Å². The van der Waals surface area contributed by atoms with E-state index in [0.717, 1.165) is 18.1 Å². The normalized spacial score (nSPS) is 18.4. The maximum atomic E-state index is 12.1. The second-order valence-corrected chi connectivity index (χ2v) is 6.00. The van der Waals surface area contributed by atoms with Crippen LogP contribution in [0, 0.1) is 0 Å². The van der Waals surface area contributed by atoms with Crippen LogP contribution in [0.25, 0.3) is 0 Å². The van der Waals surface area contributed by atoms with E-state index in [1.807, 2.05) is 0 Å². The third-order valence-corrected chi connectivity index (χ3v) is 4.08. The minimum Gasteiger partial charge on any atom is -0.345 e. The Morgan fingerprint density at radius 2 is 2.20 bits per heavy atom. The number of thioether (sulfide) groups is 1. The average molecular weight is 293 g/mol. The smallest absolute Gasteiger partial charge is 0.253 e. The Kier molecular flexibility index (Phi) is 5.03. The van der Waals surface area contributed by atoms with Crippen molar-refractivity contribution in [2.75, 3.05) is 37.5 Å². The van der Waals surface area contributed by atoms with Gasteiger partial charge in [-0.15, -0.1) is 0 Å². The highest BCUT2D eigenvalue weighted by Gasteiger charge is 2.21. The highest BCUT2D eigenvalue weighted by atomic mass is 32.2. The lowest BCUT2D eigenvalue weighted by Gasteiger charge is -2.22. The number of anilines is 1. The first kappa shape index (κ1) is 14.9. The van der Waals surface area contributed by atoms with E-state index in [-0.39, 0.29) is 17.9 Å². The van der Waals surface area contributed by atoms with Gasteiger partial charge in [-0.25, -0.2) is 0 Å². The molecule has 1 unspecified atom stereocenters. The van der Waals surface area contributed by atoms with Crippen molar-refractivity contribution >= 4 is 29.3 Å². The molecule has 1 aromatic carbocycles. The Morgan fingerprint density at radius 1 is 1.40 bits per heavy atom. The minimum absolute atomic E-state index is 0.0494. The summed E-state index contributed by atoms with van der Waals surface area (Å²) in [5, 5.41) is 6.05. The molecule has 0 aromatic heterocycles. The Balaban J connectivity index is 2.04. The van der Waals surface area contributed by atoms with Gasteiger partial charge >= 0.3 is 0 Å². The fourth-order valence-corrected chi connectivity index (χ4v) is 2.89. The number of rotatable bonds is 3. The van der Waals surface area contributed by atoms with E-state index in [1.54, 1.807) is 50.1 Å². The summed E-state index contributed by atoms with van der Waals surface area (Å²) >= 11 is 1.77. The first-order chi connectivity index (χ1) is 9.58. The summed E-state index contributed by atoms with van der Waals surface area (Å²) in [6.07, 6.45) is 0. The van der Waals surface area contributed by atoms with E-state index in [1.165, 1.54) is 4.90 Å². The van der Waals surface area contributed by atoms with Gasteiger partial charge in [-0.05, 0) is 18.2 Å². The monoisotopic (exact) mass is 293 g/mol. The van der Waals surface area contributed by atoms with Crippen LogP contribution < -0.4 is 10.6 Å². The van der Waals surface area contributed by atoms with Crippen LogP contribution in [-0.4, -0.2) is 54.9 Å². The molecule has 1 aromatic rings. The van der Waals surface area contributed by atoms with Crippen molar-refractivity contribution in [3.8, 4) is 0 Å². The van der Waals surface area contributed by atoms with Crippen LogP contribution >= 0.6 is 11.8 Å². The Hall–Kier alpha value is -1.53. The predicted molar refractivity (Wildman–Crippen MR) is 82.2 cm³/mol.